The first-order valence-corrected chi connectivity index (χ1v) is 7.21. The molecule has 1 aliphatic rings. The van der Waals surface area contributed by atoms with E-state index in [2.05, 4.69) is 52.6 Å². The third-order valence-electron chi connectivity index (χ3n) is 4.21. The summed E-state index contributed by atoms with van der Waals surface area (Å²) in [4.78, 5) is 4.20. The molecule has 1 aromatic rings. The molecule has 4 heteroatoms. The van der Waals surface area contributed by atoms with Gasteiger partial charge in [0.15, 0.2) is 0 Å². The van der Waals surface area contributed by atoms with Crippen molar-refractivity contribution in [3.05, 3.63) is 35.6 Å². The lowest BCUT2D eigenvalue weighted by molar-refractivity contribution is 0.00578. The van der Waals surface area contributed by atoms with Gasteiger partial charge in [0.2, 0.25) is 0 Å². The first-order valence-electron chi connectivity index (χ1n) is 7.21. The lowest BCUT2D eigenvalue weighted by Gasteiger charge is -2.32. The summed E-state index contributed by atoms with van der Waals surface area (Å²) in [5.74, 6) is 2.44. The van der Waals surface area contributed by atoms with Crippen LogP contribution in [0.2, 0.25) is 0 Å². The summed E-state index contributed by atoms with van der Waals surface area (Å²) in [6, 6.07) is 2.06. The first-order chi connectivity index (χ1) is 9.23. The van der Waals surface area contributed by atoms with Gasteiger partial charge in [-0.15, -0.1) is 0 Å². The van der Waals surface area contributed by atoms with Crippen LogP contribution < -0.4 is 0 Å². The van der Waals surface area contributed by atoms with Crippen LogP contribution in [0, 0.1) is 0 Å². The Morgan fingerprint density at radius 2 is 1.75 bits per heavy atom. The van der Waals surface area contributed by atoms with Crippen LogP contribution in [0.5, 0.6) is 0 Å². The number of rotatable bonds is 3. The van der Waals surface area contributed by atoms with E-state index < -0.39 is 0 Å². The van der Waals surface area contributed by atoms with Gasteiger partial charge >= 0.3 is 7.12 Å². The zero-order chi connectivity index (χ0) is 15.0. The summed E-state index contributed by atoms with van der Waals surface area (Å²) >= 11 is 0. The van der Waals surface area contributed by atoms with E-state index in [-0.39, 0.29) is 18.3 Å². The van der Waals surface area contributed by atoms with Crippen LogP contribution in [0.1, 0.15) is 58.6 Å². The Morgan fingerprint density at radius 3 is 2.30 bits per heavy atom. The van der Waals surface area contributed by atoms with Gasteiger partial charge in [-0.05, 0) is 50.8 Å². The van der Waals surface area contributed by atoms with Crippen LogP contribution in [-0.4, -0.2) is 23.3 Å². The van der Waals surface area contributed by atoms with Gasteiger partial charge in [-0.1, -0.05) is 25.9 Å². The van der Waals surface area contributed by atoms with Crippen molar-refractivity contribution in [2.75, 3.05) is 0 Å². The predicted molar refractivity (Wildman–Crippen MR) is 83.4 cm³/mol. The lowest BCUT2D eigenvalue weighted by Crippen LogP contribution is -2.41. The molecule has 2 heterocycles. The summed E-state index contributed by atoms with van der Waals surface area (Å²) in [5, 5.41) is 0. The maximum atomic E-state index is 5.96. The van der Waals surface area contributed by atoms with Crippen molar-refractivity contribution in [1.82, 2.24) is 4.98 Å². The Labute approximate surface area is 122 Å². The van der Waals surface area contributed by atoms with Gasteiger partial charge < -0.3 is 9.31 Å². The number of nitrogens with zero attached hydrogens (tertiary/aromatic N) is 1. The van der Waals surface area contributed by atoms with E-state index in [9.17, 15) is 0 Å². The summed E-state index contributed by atoms with van der Waals surface area (Å²) in [5.41, 5.74) is 1.82. The molecule has 0 unspecified atom stereocenters. The third-order valence-corrected chi connectivity index (χ3v) is 4.21. The minimum atomic E-state index is -0.305. The highest BCUT2D eigenvalue weighted by molar-refractivity contribution is 6.52. The minimum Gasteiger partial charge on any atom is -0.400 e. The van der Waals surface area contributed by atoms with Crippen LogP contribution in [0.4, 0.5) is 0 Å². The van der Waals surface area contributed by atoms with Crippen LogP contribution >= 0.6 is 0 Å². The predicted octanol–water partition coefficient (Wildman–Crippen LogP) is 3.85. The average molecular weight is 273 g/mol. The van der Waals surface area contributed by atoms with Crippen molar-refractivity contribution in [3.63, 3.8) is 0 Å². The number of pyridine rings is 1. The molecular weight excluding hydrogens is 249 g/mol. The second-order valence-electron chi connectivity index (χ2n) is 6.64. The normalized spacial score (nSPS) is 21.1. The molecule has 3 nitrogen and oxygen atoms in total. The summed E-state index contributed by atoms with van der Waals surface area (Å²) in [6.45, 7) is 12.6. The van der Waals surface area contributed by atoms with E-state index in [4.69, 9.17) is 9.31 Å². The van der Waals surface area contributed by atoms with E-state index >= 15 is 0 Å². The van der Waals surface area contributed by atoms with Crippen molar-refractivity contribution < 1.29 is 9.31 Å². The lowest BCUT2D eigenvalue weighted by atomic mass is 9.88. The minimum absolute atomic E-state index is 0.294. The van der Waals surface area contributed by atoms with Crippen molar-refractivity contribution in [3.8, 4) is 0 Å². The summed E-state index contributed by atoms with van der Waals surface area (Å²) in [6.07, 6.45) is 5.77. The number of hydrogen-bond donors (Lipinski definition) is 0. The number of hydrogen-bond acceptors (Lipinski definition) is 3. The molecule has 1 aromatic heterocycles. The Balaban J connectivity index is 2.16. The average Bonchev–Trinajstić information content (AvgIpc) is 2.55. The smallest absolute Gasteiger partial charge is 0.400 e. The highest BCUT2D eigenvalue weighted by Gasteiger charge is 2.49. The van der Waals surface area contributed by atoms with Gasteiger partial charge in [-0.3, -0.25) is 4.98 Å². The van der Waals surface area contributed by atoms with Gasteiger partial charge in [0.1, 0.15) is 0 Å². The van der Waals surface area contributed by atoms with Crippen LogP contribution in [0.15, 0.2) is 24.4 Å². The van der Waals surface area contributed by atoms with Crippen molar-refractivity contribution in [2.45, 2.75) is 58.7 Å². The summed E-state index contributed by atoms with van der Waals surface area (Å²) in [7, 11) is -0.305. The maximum Gasteiger partial charge on any atom is 0.487 e. The Bertz CT molecular complexity index is 493. The van der Waals surface area contributed by atoms with Gasteiger partial charge in [0.05, 0.1) is 11.2 Å². The molecule has 0 saturated carbocycles. The molecule has 0 aromatic carbocycles. The highest BCUT2D eigenvalue weighted by atomic mass is 16.7. The van der Waals surface area contributed by atoms with E-state index in [0.717, 1.165) is 5.56 Å². The molecule has 2 rings (SSSR count). The molecule has 0 radical (unpaired) electrons. The molecule has 1 fully saturated rings. The largest absolute Gasteiger partial charge is 0.487 e. The monoisotopic (exact) mass is 273 g/mol. The Hall–Kier alpha value is -1.13. The Kier molecular flexibility index (Phi) is 4.08. The van der Waals surface area contributed by atoms with Gasteiger partial charge in [-0.2, -0.15) is 0 Å². The van der Waals surface area contributed by atoms with Crippen LogP contribution in [0.25, 0.3) is 6.08 Å². The maximum absolute atomic E-state index is 5.96. The molecule has 108 valence electrons. The van der Waals surface area contributed by atoms with Crippen molar-refractivity contribution in [1.29, 1.82) is 0 Å². The summed E-state index contributed by atoms with van der Waals surface area (Å²) < 4.78 is 11.9. The molecule has 0 amide bonds. The molecule has 0 bridgehead atoms. The fourth-order valence-electron chi connectivity index (χ4n) is 2.23. The number of aromatic nitrogens is 1. The second kappa shape index (κ2) is 5.34. The van der Waals surface area contributed by atoms with E-state index in [1.165, 1.54) is 5.56 Å². The zero-order valence-electron chi connectivity index (χ0n) is 13.3. The molecule has 1 saturated heterocycles. The SMILES string of the molecule is CC(C)c1ccncc1/C=C/B1OC(C)(C)C(C)(C)O1. The van der Waals surface area contributed by atoms with E-state index in [0.29, 0.717) is 5.92 Å². The van der Waals surface area contributed by atoms with E-state index in [1.807, 2.05) is 24.4 Å². The molecule has 0 aliphatic carbocycles. The fraction of sp³-hybridized carbons (Fsp3) is 0.562. The zero-order valence-corrected chi connectivity index (χ0v) is 13.3. The van der Waals surface area contributed by atoms with Crippen LogP contribution in [0.3, 0.4) is 0 Å². The van der Waals surface area contributed by atoms with Crippen molar-refractivity contribution in [2.24, 2.45) is 0 Å². The van der Waals surface area contributed by atoms with Gasteiger partial charge in [0, 0.05) is 12.4 Å². The molecular formula is C16H24BNO2. The molecule has 20 heavy (non-hydrogen) atoms. The third kappa shape index (κ3) is 2.96. The van der Waals surface area contributed by atoms with Gasteiger partial charge in [-0.25, -0.2) is 0 Å². The molecule has 0 spiro atoms. The standard InChI is InChI=1S/C16H24BNO2/c1-12(2)14-8-10-18-11-13(14)7-9-17-19-15(3,4)16(5,6)20-17/h7-12H,1-6H3/b9-7+. The quantitative estimate of drug-likeness (QED) is 0.784. The van der Waals surface area contributed by atoms with E-state index in [1.54, 1.807) is 0 Å². The van der Waals surface area contributed by atoms with Crippen LogP contribution in [-0.2, 0) is 9.31 Å². The first kappa shape index (κ1) is 15.3. The molecule has 0 N–H and O–H groups in total. The van der Waals surface area contributed by atoms with Gasteiger partial charge in [0.25, 0.3) is 0 Å². The topological polar surface area (TPSA) is 31.4 Å². The highest BCUT2D eigenvalue weighted by Crippen LogP contribution is 2.37. The Morgan fingerprint density at radius 1 is 1.15 bits per heavy atom. The van der Waals surface area contributed by atoms with Crippen molar-refractivity contribution >= 4 is 13.2 Å². The molecule has 0 atom stereocenters. The second-order valence-corrected chi connectivity index (χ2v) is 6.64. The fourth-order valence-corrected chi connectivity index (χ4v) is 2.23. The molecule has 1 aliphatic heterocycles.